The molecule has 0 N–H and O–H groups in total. The predicted molar refractivity (Wildman–Crippen MR) is 100 cm³/mol. The number of benzene rings is 1. The normalized spacial score (nSPS) is 14.3. The standard InChI is InChI=1S/C14H12ClN5OS3/c15-9-1-3-10(4-2-9)21-7-12-19-20-11(17-18-13(20)24-12)8-23-14-16-5-6-22-14/h1-4H,5-8H2. The van der Waals surface area contributed by atoms with Gasteiger partial charge >= 0.3 is 0 Å². The molecular formula is C14H12ClN5OS3. The second kappa shape index (κ2) is 7.30. The van der Waals surface area contributed by atoms with Gasteiger partial charge in [-0.15, -0.1) is 10.2 Å². The summed E-state index contributed by atoms with van der Waals surface area (Å²) >= 11 is 10.8. The van der Waals surface area contributed by atoms with Crippen molar-refractivity contribution in [2.24, 2.45) is 4.99 Å². The maximum absolute atomic E-state index is 5.87. The molecule has 0 atom stereocenters. The van der Waals surface area contributed by atoms with E-state index in [1.165, 1.54) is 11.3 Å². The van der Waals surface area contributed by atoms with Gasteiger partial charge in [-0.05, 0) is 24.3 Å². The number of aromatic nitrogens is 4. The smallest absolute Gasteiger partial charge is 0.234 e. The molecule has 10 heteroatoms. The number of aliphatic imine (C=N–C) groups is 1. The Bertz CT molecular complexity index is 876. The van der Waals surface area contributed by atoms with Crippen molar-refractivity contribution in [3.63, 3.8) is 0 Å². The first-order valence-electron chi connectivity index (χ1n) is 7.16. The lowest BCUT2D eigenvalue weighted by atomic mass is 10.3. The van der Waals surface area contributed by atoms with E-state index in [-0.39, 0.29) is 0 Å². The van der Waals surface area contributed by atoms with Gasteiger partial charge < -0.3 is 4.74 Å². The van der Waals surface area contributed by atoms with Crippen LogP contribution in [-0.4, -0.2) is 36.5 Å². The molecule has 24 heavy (non-hydrogen) atoms. The minimum absolute atomic E-state index is 0.394. The molecule has 3 aromatic rings. The van der Waals surface area contributed by atoms with Crippen molar-refractivity contribution in [1.82, 2.24) is 19.8 Å². The van der Waals surface area contributed by atoms with Crippen LogP contribution in [0.15, 0.2) is 29.3 Å². The van der Waals surface area contributed by atoms with E-state index >= 15 is 0 Å². The van der Waals surface area contributed by atoms with Crippen molar-refractivity contribution in [3.8, 4) is 5.75 Å². The average Bonchev–Trinajstić information content (AvgIpc) is 3.30. The third kappa shape index (κ3) is 3.69. The van der Waals surface area contributed by atoms with Crippen molar-refractivity contribution in [2.75, 3.05) is 12.3 Å². The molecule has 3 heterocycles. The highest BCUT2D eigenvalue weighted by Gasteiger charge is 2.14. The van der Waals surface area contributed by atoms with E-state index in [1.54, 1.807) is 40.2 Å². The van der Waals surface area contributed by atoms with Crippen LogP contribution < -0.4 is 4.74 Å². The summed E-state index contributed by atoms with van der Waals surface area (Å²) in [5.41, 5.74) is 0. The summed E-state index contributed by atoms with van der Waals surface area (Å²) < 4.78 is 8.64. The fourth-order valence-electron chi connectivity index (χ4n) is 2.05. The van der Waals surface area contributed by atoms with Gasteiger partial charge in [-0.3, -0.25) is 4.99 Å². The maximum atomic E-state index is 5.87. The average molecular weight is 398 g/mol. The number of nitrogens with zero attached hydrogens (tertiary/aromatic N) is 5. The van der Waals surface area contributed by atoms with E-state index in [0.29, 0.717) is 17.4 Å². The van der Waals surface area contributed by atoms with Crippen LogP contribution in [0.5, 0.6) is 5.75 Å². The summed E-state index contributed by atoms with van der Waals surface area (Å²) in [5, 5.41) is 14.5. The molecule has 0 saturated carbocycles. The predicted octanol–water partition coefficient (Wildman–Crippen LogP) is 3.75. The van der Waals surface area contributed by atoms with Gasteiger partial charge in [0.2, 0.25) is 4.96 Å². The van der Waals surface area contributed by atoms with Gasteiger partial charge in [0.05, 0.1) is 12.3 Å². The quantitative estimate of drug-likeness (QED) is 0.653. The third-order valence-corrected chi connectivity index (χ3v) is 6.53. The Kier molecular flexibility index (Phi) is 4.93. The Hall–Kier alpha value is -1.29. The molecule has 0 spiro atoms. The van der Waals surface area contributed by atoms with Crippen molar-refractivity contribution < 1.29 is 4.74 Å². The maximum Gasteiger partial charge on any atom is 0.234 e. The number of thioether (sulfide) groups is 2. The van der Waals surface area contributed by atoms with E-state index in [2.05, 4.69) is 20.3 Å². The fraction of sp³-hybridized carbons (Fsp3) is 0.286. The van der Waals surface area contributed by atoms with Crippen LogP contribution in [-0.2, 0) is 12.4 Å². The molecule has 0 saturated heterocycles. The fourth-order valence-corrected chi connectivity index (χ4v) is 4.86. The zero-order valence-electron chi connectivity index (χ0n) is 12.4. The molecule has 0 bridgehead atoms. The molecule has 1 aliphatic heterocycles. The van der Waals surface area contributed by atoms with E-state index in [9.17, 15) is 0 Å². The van der Waals surface area contributed by atoms with E-state index < -0.39 is 0 Å². The largest absolute Gasteiger partial charge is 0.486 e. The third-order valence-electron chi connectivity index (χ3n) is 3.16. The van der Waals surface area contributed by atoms with Crippen LogP contribution in [0.2, 0.25) is 5.02 Å². The van der Waals surface area contributed by atoms with Gasteiger partial charge in [0.25, 0.3) is 0 Å². The molecule has 1 aliphatic rings. The molecule has 124 valence electrons. The van der Waals surface area contributed by atoms with Crippen LogP contribution in [0, 0.1) is 0 Å². The van der Waals surface area contributed by atoms with Gasteiger partial charge in [-0.1, -0.05) is 46.5 Å². The summed E-state index contributed by atoms with van der Waals surface area (Å²) in [6, 6.07) is 7.28. The van der Waals surface area contributed by atoms with Crippen LogP contribution in [0.25, 0.3) is 4.96 Å². The summed E-state index contributed by atoms with van der Waals surface area (Å²) in [4.78, 5) is 5.21. The van der Waals surface area contributed by atoms with Crippen molar-refractivity contribution in [1.29, 1.82) is 0 Å². The topological polar surface area (TPSA) is 64.7 Å². The van der Waals surface area contributed by atoms with Crippen LogP contribution in [0.3, 0.4) is 0 Å². The Balaban J connectivity index is 1.42. The number of hydrogen-bond donors (Lipinski definition) is 0. The zero-order valence-corrected chi connectivity index (χ0v) is 15.6. The second-order valence-corrected chi connectivity index (χ2v) is 8.62. The number of ether oxygens (including phenoxy) is 1. The minimum Gasteiger partial charge on any atom is -0.486 e. The van der Waals surface area contributed by atoms with Crippen molar-refractivity contribution in [3.05, 3.63) is 40.1 Å². The monoisotopic (exact) mass is 397 g/mol. The molecule has 0 aliphatic carbocycles. The minimum atomic E-state index is 0.394. The molecule has 4 rings (SSSR count). The van der Waals surface area contributed by atoms with Crippen molar-refractivity contribution >= 4 is 55.8 Å². The van der Waals surface area contributed by atoms with Gasteiger partial charge in [0.15, 0.2) is 10.8 Å². The number of rotatable bonds is 5. The number of hydrogen-bond acceptors (Lipinski definition) is 8. The molecule has 0 unspecified atom stereocenters. The van der Waals surface area contributed by atoms with Crippen LogP contribution in [0.4, 0.5) is 0 Å². The highest BCUT2D eigenvalue weighted by atomic mass is 35.5. The Morgan fingerprint density at radius 3 is 2.92 bits per heavy atom. The molecule has 2 aromatic heterocycles. The summed E-state index contributed by atoms with van der Waals surface area (Å²) in [7, 11) is 0. The highest BCUT2D eigenvalue weighted by Crippen LogP contribution is 2.26. The number of fused-ring (bicyclic) bond motifs is 1. The first kappa shape index (κ1) is 16.2. The van der Waals surface area contributed by atoms with Gasteiger partial charge in [0.1, 0.15) is 16.7 Å². The Morgan fingerprint density at radius 2 is 2.12 bits per heavy atom. The molecule has 0 amide bonds. The second-order valence-electron chi connectivity index (χ2n) is 4.83. The summed E-state index contributed by atoms with van der Waals surface area (Å²) in [6.07, 6.45) is 0. The SMILES string of the molecule is Clc1ccc(OCc2nn3c(CSC4=NCCS4)nnc3s2)cc1. The first-order chi connectivity index (χ1) is 11.8. The van der Waals surface area contributed by atoms with Gasteiger partial charge in [0, 0.05) is 10.8 Å². The molecule has 0 radical (unpaired) electrons. The first-order valence-corrected chi connectivity index (χ1v) is 10.3. The van der Waals surface area contributed by atoms with E-state index in [0.717, 1.165) is 38.2 Å². The van der Waals surface area contributed by atoms with Crippen LogP contribution in [0.1, 0.15) is 10.8 Å². The summed E-state index contributed by atoms with van der Waals surface area (Å²) in [5.74, 6) is 3.38. The van der Waals surface area contributed by atoms with Gasteiger partial charge in [-0.25, -0.2) is 0 Å². The molecular weight excluding hydrogens is 386 g/mol. The van der Waals surface area contributed by atoms with Crippen LogP contribution >= 0.6 is 46.5 Å². The lowest BCUT2D eigenvalue weighted by Gasteiger charge is -2.03. The molecule has 1 aromatic carbocycles. The lowest BCUT2D eigenvalue weighted by Crippen LogP contribution is -1.99. The number of halogens is 1. The zero-order chi connectivity index (χ0) is 16.4. The molecule has 6 nitrogen and oxygen atoms in total. The molecule has 0 fully saturated rings. The highest BCUT2D eigenvalue weighted by molar-refractivity contribution is 8.38. The van der Waals surface area contributed by atoms with Crippen molar-refractivity contribution in [2.45, 2.75) is 12.4 Å². The summed E-state index contributed by atoms with van der Waals surface area (Å²) in [6.45, 7) is 1.30. The van der Waals surface area contributed by atoms with E-state index in [4.69, 9.17) is 16.3 Å². The van der Waals surface area contributed by atoms with E-state index in [1.807, 2.05) is 12.1 Å². The Labute approximate surface area is 155 Å². The lowest BCUT2D eigenvalue weighted by molar-refractivity contribution is 0.304. The Morgan fingerprint density at radius 1 is 1.25 bits per heavy atom. The van der Waals surface area contributed by atoms with Gasteiger partial charge in [-0.2, -0.15) is 9.61 Å².